The van der Waals surface area contributed by atoms with Gasteiger partial charge in [-0.2, -0.15) is 0 Å². The Morgan fingerprint density at radius 3 is 2.81 bits per heavy atom. The first-order valence-corrected chi connectivity index (χ1v) is 11.1. The summed E-state index contributed by atoms with van der Waals surface area (Å²) in [5, 5.41) is 13.5. The number of hydrogen-bond donors (Lipinski definition) is 2. The predicted molar refractivity (Wildman–Crippen MR) is 128 cm³/mol. The second kappa shape index (κ2) is 9.28. The van der Waals surface area contributed by atoms with E-state index in [4.69, 9.17) is 17.0 Å². The number of aromatic hydroxyl groups is 1. The fourth-order valence-corrected chi connectivity index (χ4v) is 4.55. The maximum absolute atomic E-state index is 12.3. The lowest BCUT2D eigenvalue weighted by atomic mass is 10.1. The van der Waals surface area contributed by atoms with E-state index in [1.165, 1.54) is 11.3 Å². The van der Waals surface area contributed by atoms with E-state index in [0.717, 1.165) is 22.6 Å². The van der Waals surface area contributed by atoms with Gasteiger partial charge in [0, 0.05) is 36.0 Å². The molecule has 2 N–H and O–H groups in total. The van der Waals surface area contributed by atoms with Gasteiger partial charge in [-0.15, -0.1) is 11.3 Å². The molecule has 2 aromatic carbocycles. The van der Waals surface area contributed by atoms with Gasteiger partial charge in [-0.3, -0.25) is 14.4 Å². The summed E-state index contributed by atoms with van der Waals surface area (Å²) in [7, 11) is 0. The lowest BCUT2D eigenvalue weighted by Crippen LogP contribution is -2.14. The van der Waals surface area contributed by atoms with E-state index in [1.807, 2.05) is 49.4 Å². The first-order chi connectivity index (χ1) is 15.0. The molecule has 0 bridgehead atoms. The van der Waals surface area contributed by atoms with Crippen LogP contribution >= 0.6 is 23.6 Å². The van der Waals surface area contributed by atoms with Gasteiger partial charge in [-0.1, -0.05) is 18.2 Å². The molecule has 0 spiro atoms. The highest BCUT2D eigenvalue weighted by Gasteiger charge is 2.16. The molecule has 31 heavy (non-hydrogen) atoms. The molecule has 0 atom stereocenters. The van der Waals surface area contributed by atoms with Crippen molar-refractivity contribution >= 4 is 58.7 Å². The smallest absolute Gasteiger partial charge is 0.226 e. The van der Waals surface area contributed by atoms with Crippen LogP contribution in [0.1, 0.15) is 23.8 Å². The minimum atomic E-state index is -0.159. The molecule has 3 aromatic rings. The zero-order valence-corrected chi connectivity index (χ0v) is 18.5. The van der Waals surface area contributed by atoms with Gasteiger partial charge < -0.3 is 15.2 Å². The molecule has 0 saturated heterocycles. The van der Waals surface area contributed by atoms with Gasteiger partial charge in [0.15, 0.2) is 3.95 Å². The SMILES string of the molecule is CCOc1ccc(NC(=O)CCn2c(O)c(/C=C3\C=Nc4ccccc43)sc2=S)cc1. The summed E-state index contributed by atoms with van der Waals surface area (Å²) in [6.45, 7) is 2.80. The number of fused-ring (bicyclic) bond motifs is 1. The number of aromatic nitrogens is 1. The zero-order valence-electron chi connectivity index (χ0n) is 16.9. The quantitative estimate of drug-likeness (QED) is 0.454. The maximum atomic E-state index is 12.3. The summed E-state index contributed by atoms with van der Waals surface area (Å²) in [4.78, 5) is 17.4. The third-order valence-electron chi connectivity index (χ3n) is 4.75. The topological polar surface area (TPSA) is 75.8 Å². The van der Waals surface area contributed by atoms with Crippen LogP contribution < -0.4 is 10.1 Å². The van der Waals surface area contributed by atoms with Gasteiger partial charge in [0.1, 0.15) is 5.75 Å². The highest BCUT2D eigenvalue weighted by molar-refractivity contribution is 7.73. The average Bonchev–Trinajstić information content (AvgIpc) is 3.29. The standard InChI is InChI=1S/C23H21N3O3S2/c1-2-29-17-9-7-16(8-10-17)25-21(27)11-12-26-22(28)20(31-23(26)30)13-15-14-24-19-6-4-3-5-18(15)19/h3-10,13-14,28H,2,11-12H2,1H3,(H,25,27)/b15-13+. The zero-order chi connectivity index (χ0) is 21.8. The normalized spacial score (nSPS) is 13.4. The van der Waals surface area contributed by atoms with Crippen LogP contribution in [0.25, 0.3) is 11.6 Å². The van der Waals surface area contributed by atoms with Crippen LogP contribution in [0.5, 0.6) is 11.6 Å². The highest BCUT2D eigenvalue weighted by atomic mass is 32.1. The average molecular weight is 452 g/mol. The van der Waals surface area contributed by atoms with E-state index in [1.54, 1.807) is 22.9 Å². The van der Waals surface area contributed by atoms with Crippen LogP contribution in [0.4, 0.5) is 11.4 Å². The minimum Gasteiger partial charge on any atom is -0.494 e. The number of allylic oxidation sites excluding steroid dienone is 1. The molecule has 0 radical (unpaired) electrons. The van der Waals surface area contributed by atoms with Gasteiger partial charge in [-0.05, 0) is 55.5 Å². The number of nitrogens with zero attached hydrogens (tertiary/aromatic N) is 2. The van der Waals surface area contributed by atoms with Crippen LogP contribution in [-0.4, -0.2) is 28.4 Å². The van der Waals surface area contributed by atoms with Crippen LogP contribution in [0.3, 0.4) is 0 Å². The molecule has 1 aliphatic rings. The van der Waals surface area contributed by atoms with Gasteiger partial charge in [0.25, 0.3) is 0 Å². The molecule has 0 aliphatic carbocycles. The van der Waals surface area contributed by atoms with Crippen molar-refractivity contribution in [3.8, 4) is 11.6 Å². The van der Waals surface area contributed by atoms with Gasteiger partial charge in [0.2, 0.25) is 11.8 Å². The molecule has 0 unspecified atom stereocenters. The number of anilines is 1. The van der Waals surface area contributed by atoms with Crippen molar-refractivity contribution in [2.45, 2.75) is 19.9 Å². The number of carbonyl (C=O) groups excluding carboxylic acids is 1. The number of benzene rings is 2. The fraction of sp³-hybridized carbons (Fsp3) is 0.174. The van der Waals surface area contributed by atoms with E-state index in [9.17, 15) is 9.90 Å². The fourth-order valence-electron chi connectivity index (χ4n) is 3.24. The third-order valence-corrected chi connectivity index (χ3v) is 6.14. The number of aliphatic imine (C=N–C) groups is 1. The molecular formula is C23H21N3O3S2. The van der Waals surface area contributed by atoms with Gasteiger partial charge in [-0.25, -0.2) is 0 Å². The Morgan fingerprint density at radius 1 is 1.26 bits per heavy atom. The molecule has 1 amide bonds. The number of carbonyl (C=O) groups is 1. The maximum Gasteiger partial charge on any atom is 0.226 e. The summed E-state index contributed by atoms with van der Waals surface area (Å²) in [5.74, 6) is 0.661. The number of thiazole rings is 1. The van der Waals surface area contributed by atoms with Crippen LogP contribution in [-0.2, 0) is 11.3 Å². The van der Waals surface area contributed by atoms with Crippen molar-refractivity contribution < 1.29 is 14.6 Å². The van der Waals surface area contributed by atoms with Crippen molar-refractivity contribution in [2.24, 2.45) is 4.99 Å². The molecule has 1 aliphatic heterocycles. The van der Waals surface area contributed by atoms with Crippen molar-refractivity contribution in [1.82, 2.24) is 4.57 Å². The molecule has 6 nitrogen and oxygen atoms in total. The summed E-state index contributed by atoms with van der Waals surface area (Å²) in [5.41, 5.74) is 3.53. The van der Waals surface area contributed by atoms with Gasteiger partial charge >= 0.3 is 0 Å². The molecule has 1 aromatic heterocycles. The number of ether oxygens (including phenoxy) is 1. The number of para-hydroxylation sites is 1. The first-order valence-electron chi connectivity index (χ1n) is 9.85. The summed E-state index contributed by atoms with van der Waals surface area (Å²) in [6, 6.07) is 15.0. The van der Waals surface area contributed by atoms with E-state index in [2.05, 4.69) is 10.3 Å². The van der Waals surface area contributed by atoms with Crippen LogP contribution in [0.2, 0.25) is 0 Å². The van der Waals surface area contributed by atoms with Crippen LogP contribution in [0.15, 0.2) is 53.5 Å². The minimum absolute atomic E-state index is 0.0640. The van der Waals surface area contributed by atoms with E-state index < -0.39 is 0 Å². The second-order valence-corrected chi connectivity index (χ2v) is 8.51. The molecule has 8 heteroatoms. The highest BCUT2D eigenvalue weighted by Crippen LogP contribution is 2.35. The lowest BCUT2D eigenvalue weighted by Gasteiger charge is -2.08. The van der Waals surface area contributed by atoms with Crippen molar-refractivity contribution in [3.63, 3.8) is 0 Å². The lowest BCUT2D eigenvalue weighted by molar-refractivity contribution is -0.116. The molecule has 0 fully saturated rings. The summed E-state index contributed by atoms with van der Waals surface area (Å²) >= 11 is 6.72. The van der Waals surface area contributed by atoms with Crippen LogP contribution in [0, 0.1) is 3.95 Å². The molecular weight excluding hydrogens is 430 g/mol. The van der Waals surface area contributed by atoms with Crippen molar-refractivity contribution in [3.05, 3.63) is 62.9 Å². The largest absolute Gasteiger partial charge is 0.494 e. The molecule has 4 rings (SSSR count). The number of nitrogens with one attached hydrogen (secondary N) is 1. The Bertz CT molecular complexity index is 1220. The Labute approximate surface area is 189 Å². The summed E-state index contributed by atoms with van der Waals surface area (Å²) in [6.07, 6.45) is 3.84. The molecule has 158 valence electrons. The molecule has 2 heterocycles. The summed E-state index contributed by atoms with van der Waals surface area (Å²) < 4.78 is 7.50. The predicted octanol–water partition coefficient (Wildman–Crippen LogP) is 5.67. The number of amides is 1. The third kappa shape index (κ3) is 4.76. The molecule has 0 saturated carbocycles. The Morgan fingerprint density at radius 2 is 2.03 bits per heavy atom. The van der Waals surface area contributed by atoms with E-state index in [-0.39, 0.29) is 24.8 Å². The second-order valence-electron chi connectivity index (χ2n) is 6.84. The van der Waals surface area contributed by atoms with Crippen molar-refractivity contribution in [2.75, 3.05) is 11.9 Å². The monoisotopic (exact) mass is 451 g/mol. The van der Waals surface area contributed by atoms with Crippen molar-refractivity contribution in [1.29, 1.82) is 0 Å². The Hall–Kier alpha value is -3.23. The Kier molecular flexibility index (Phi) is 6.29. The number of hydrogen-bond acceptors (Lipinski definition) is 6. The van der Waals surface area contributed by atoms with E-state index in [0.29, 0.717) is 21.1 Å². The number of rotatable bonds is 7. The van der Waals surface area contributed by atoms with Gasteiger partial charge in [0.05, 0.1) is 17.2 Å². The Balaban J connectivity index is 1.42. The van der Waals surface area contributed by atoms with E-state index >= 15 is 0 Å². The first kappa shape index (κ1) is 21.0.